The van der Waals surface area contributed by atoms with Gasteiger partial charge in [0.1, 0.15) is 19.8 Å². The minimum absolute atomic E-state index is 0.0652. The Morgan fingerprint density at radius 1 is 0.511 bits per heavy atom. The van der Waals surface area contributed by atoms with E-state index in [1.165, 1.54) is 51.4 Å². The zero-order valence-electron chi connectivity index (χ0n) is 31.0. The van der Waals surface area contributed by atoms with Crippen molar-refractivity contribution in [2.45, 2.75) is 162 Å². The van der Waals surface area contributed by atoms with E-state index in [9.17, 15) is 14.4 Å². The van der Waals surface area contributed by atoms with Crippen LogP contribution in [0, 0.1) is 12.3 Å². The summed E-state index contributed by atoms with van der Waals surface area (Å²) in [5, 5.41) is 0. The van der Waals surface area contributed by atoms with Gasteiger partial charge in [-0.3, -0.25) is 14.4 Å². The molecule has 0 unspecified atom stereocenters. The first-order valence-electron chi connectivity index (χ1n) is 19.0. The van der Waals surface area contributed by atoms with Gasteiger partial charge in [-0.05, 0) is 91.8 Å². The third-order valence-corrected chi connectivity index (χ3v) is 8.14. The van der Waals surface area contributed by atoms with Crippen molar-refractivity contribution < 1.29 is 28.6 Å². The van der Waals surface area contributed by atoms with E-state index in [2.05, 4.69) is 50.0 Å². The Balaban J connectivity index is 4.48. The fourth-order valence-electron chi connectivity index (χ4n) is 4.98. The molecule has 0 aliphatic carbocycles. The molecule has 7 heteroatoms. The lowest BCUT2D eigenvalue weighted by molar-refractivity contribution is -0.158. The monoisotopic (exact) mass is 663 g/mol. The first-order valence-corrected chi connectivity index (χ1v) is 19.0. The van der Waals surface area contributed by atoms with E-state index in [1.54, 1.807) is 0 Å². The molecule has 0 amide bonds. The molecule has 47 heavy (non-hydrogen) atoms. The van der Waals surface area contributed by atoms with E-state index in [1.807, 2.05) is 14.1 Å². The molecule has 0 atom stereocenters. The van der Waals surface area contributed by atoms with E-state index < -0.39 is 5.41 Å². The van der Waals surface area contributed by atoms with Gasteiger partial charge in [0.15, 0.2) is 0 Å². The zero-order valence-corrected chi connectivity index (χ0v) is 31.0. The number of carbonyl (C=O) groups is 3. The fourth-order valence-corrected chi connectivity index (χ4v) is 4.98. The molecule has 0 bridgehead atoms. The van der Waals surface area contributed by atoms with Gasteiger partial charge in [0.25, 0.3) is 0 Å². The molecule has 273 valence electrons. The van der Waals surface area contributed by atoms with Gasteiger partial charge < -0.3 is 19.1 Å². The largest absolute Gasteiger partial charge is 0.465 e. The molecule has 7 nitrogen and oxygen atoms in total. The van der Waals surface area contributed by atoms with Gasteiger partial charge in [0.2, 0.25) is 0 Å². The minimum Gasteiger partial charge on any atom is -0.465 e. The van der Waals surface area contributed by atoms with E-state index in [0.717, 1.165) is 83.6 Å². The molecule has 0 rings (SSSR count). The molecule has 0 heterocycles. The van der Waals surface area contributed by atoms with Crippen LogP contribution >= 0.6 is 0 Å². The molecule has 0 N–H and O–H groups in total. The Morgan fingerprint density at radius 3 is 1.19 bits per heavy atom. The molecule has 0 spiro atoms. The Hall–Kier alpha value is -2.15. The standard InChI is InChI=1S/C40H72NO6/c1-6-8-10-12-14-16-18-20-22-24-26-30-37(42)45-34-40(3,36-47-39(44)32-28-29-33-41(4)5)35-46-38(43)31-27-25-23-21-19-17-15-13-11-9-7-2/h12-15H,3,6-11,16-36H2,1-2,4-5H3/b14-12-,15-13-. The maximum atomic E-state index is 12.5. The van der Waals surface area contributed by atoms with E-state index >= 15 is 0 Å². The average Bonchev–Trinajstić information content (AvgIpc) is 3.05. The summed E-state index contributed by atoms with van der Waals surface area (Å²) in [5.41, 5.74) is -1.04. The van der Waals surface area contributed by atoms with Crippen molar-refractivity contribution in [1.29, 1.82) is 0 Å². The zero-order chi connectivity index (χ0) is 34.9. The van der Waals surface area contributed by atoms with Crippen LogP contribution in [0.2, 0.25) is 0 Å². The number of nitrogens with zero attached hydrogens (tertiary/aromatic N) is 1. The van der Waals surface area contributed by atoms with Gasteiger partial charge in [-0.2, -0.15) is 0 Å². The quantitative estimate of drug-likeness (QED) is 0.0299. The van der Waals surface area contributed by atoms with Gasteiger partial charge >= 0.3 is 17.9 Å². The summed E-state index contributed by atoms with van der Waals surface area (Å²) in [6, 6.07) is 0. The normalized spacial score (nSPS) is 12.0. The number of esters is 3. The summed E-state index contributed by atoms with van der Waals surface area (Å²) in [4.78, 5) is 39.5. The summed E-state index contributed by atoms with van der Waals surface area (Å²) in [6.45, 7) is 9.31. The highest BCUT2D eigenvalue weighted by Gasteiger charge is 2.31. The van der Waals surface area contributed by atoms with Gasteiger partial charge in [0.05, 0.1) is 5.41 Å². The number of hydrogen-bond donors (Lipinski definition) is 0. The van der Waals surface area contributed by atoms with Crippen LogP contribution in [0.1, 0.15) is 162 Å². The van der Waals surface area contributed by atoms with Gasteiger partial charge in [-0.1, -0.05) is 102 Å². The third-order valence-electron chi connectivity index (χ3n) is 8.14. The van der Waals surface area contributed by atoms with Crippen LogP contribution in [0.3, 0.4) is 0 Å². The third kappa shape index (κ3) is 32.2. The smallest absolute Gasteiger partial charge is 0.305 e. The predicted molar refractivity (Wildman–Crippen MR) is 195 cm³/mol. The molecule has 0 aromatic carbocycles. The number of ether oxygens (including phenoxy) is 3. The molecule has 0 aliphatic rings. The second-order valence-electron chi connectivity index (χ2n) is 13.6. The lowest BCUT2D eigenvalue weighted by Gasteiger charge is -2.28. The van der Waals surface area contributed by atoms with Crippen LogP contribution in [0.25, 0.3) is 0 Å². The Kier molecular flexibility index (Phi) is 30.9. The van der Waals surface area contributed by atoms with Crippen molar-refractivity contribution in [3.63, 3.8) is 0 Å². The molecular weight excluding hydrogens is 590 g/mol. The fraction of sp³-hybridized carbons (Fsp3) is 0.800. The van der Waals surface area contributed by atoms with Crippen LogP contribution in [-0.2, 0) is 28.6 Å². The highest BCUT2D eigenvalue weighted by atomic mass is 16.6. The molecule has 0 aromatic rings. The Morgan fingerprint density at radius 2 is 0.830 bits per heavy atom. The van der Waals surface area contributed by atoms with E-state index in [0.29, 0.717) is 19.3 Å². The maximum Gasteiger partial charge on any atom is 0.305 e. The molecule has 1 radical (unpaired) electrons. The van der Waals surface area contributed by atoms with Crippen LogP contribution in [0.4, 0.5) is 0 Å². The topological polar surface area (TPSA) is 82.1 Å². The lowest BCUT2D eigenvalue weighted by atomic mass is 9.94. The number of carbonyl (C=O) groups excluding carboxylic acids is 3. The molecule has 0 fully saturated rings. The van der Waals surface area contributed by atoms with E-state index in [4.69, 9.17) is 14.2 Å². The van der Waals surface area contributed by atoms with Crippen molar-refractivity contribution in [3.05, 3.63) is 31.2 Å². The second-order valence-corrected chi connectivity index (χ2v) is 13.6. The Bertz CT molecular complexity index is 774. The van der Waals surface area contributed by atoms with Crippen molar-refractivity contribution in [2.24, 2.45) is 5.41 Å². The minimum atomic E-state index is -1.04. The number of rotatable bonds is 33. The number of allylic oxidation sites excluding steroid dienone is 4. The van der Waals surface area contributed by atoms with Crippen LogP contribution in [-0.4, -0.2) is 63.3 Å². The van der Waals surface area contributed by atoms with Crippen molar-refractivity contribution in [2.75, 3.05) is 40.5 Å². The first-order chi connectivity index (χ1) is 22.7. The second kappa shape index (κ2) is 32.4. The first kappa shape index (κ1) is 44.9. The van der Waals surface area contributed by atoms with Gasteiger partial charge in [-0.25, -0.2) is 0 Å². The summed E-state index contributed by atoms with van der Waals surface area (Å²) < 4.78 is 16.6. The van der Waals surface area contributed by atoms with E-state index in [-0.39, 0.29) is 37.7 Å². The summed E-state index contributed by atoms with van der Waals surface area (Å²) >= 11 is 0. The molecule has 0 aliphatic heterocycles. The summed E-state index contributed by atoms with van der Waals surface area (Å²) in [5.74, 6) is -0.910. The highest BCUT2D eigenvalue weighted by molar-refractivity contribution is 5.70. The highest BCUT2D eigenvalue weighted by Crippen LogP contribution is 2.20. The lowest BCUT2D eigenvalue weighted by Crippen LogP contribution is -2.37. The maximum absolute atomic E-state index is 12.5. The molecule has 0 saturated heterocycles. The average molecular weight is 663 g/mol. The van der Waals surface area contributed by atoms with Gasteiger partial charge in [-0.15, -0.1) is 0 Å². The van der Waals surface area contributed by atoms with Crippen LogP contribution < -0.4 is 0 Å². The summed E-state index contributed by atoms with van der Waals surface area (Å²) in [7, 11) is 4.00. The SMILES string of the molecule is [CH2]C(COC(=O)CCCCCCC/C=C\CCCC)(COC(=O)CCCCCCC/C=C\CCCC)COC(=O)CCCCN(C)C. The molecule has 0 aromatic heterocycles. The van der Waals surface area contributed by atoms with Crippen LogP contribution in [0.15, 0.2) is 24.3 Å². The molecule has 0 saturated carbocycles. The van der Waals surface area contributed by atoms with Crippen LogP contribution in [0.5, 0.6) is 0 Å². The Labute approximate surface area is 289 Å². The molecular formula is C40H72NO6. The number of unbranched alkanes of at least 4 members (excludes halogenated alkanes) is 15. The van der Waals surface area contributed by atoms with Gasteiger partial charge in [0, 0.05) is 19.3 Å². The predicted octanol–water partition coefficient (Wildman–Crippen LogP) is 10.1. The van der Waals surface area contributed by atoms with Crippen molar-refractivity contribution in [3.8, 4) is 0 Å². The summed E-state index contributed by atoms with van der Waals surface area (Å²) in [6.07, 6.45) is 31.8. The van der Waals surface area contributed by atoms with Crippen molar-refractivity contribution >= 4 is 17.9 Å². The number of hydrogen-bond acceptors (Lipinski definition) is 7. The van der Waals surface area contributed by atoms with Crippen molar-refractivity contribution in [1.82, 2.24) is 4.90 Å².